The first-order chi connectivity index (χ1) is 5.29. The number of rotatable bonds is 0. The number of carbonyl (C=O) groups excluding carboxylic acids is 1. The van der Waals surface area contributed by atoms with Crippen molar-refractivity contribution in [2.24, 2.45) is 0 Å². The summed E-state index contributed by atoms with van der Waals surface area (Å²) in [5, 5.41) is 4.25. The van der Waals surface area contributed by atoms with Gasteiger partial charge in [-0.05, 0) is 31.5 Å². The Hall–Kier alpha value is -0.640. The van der Waals surface area contributed by atoms with Crippen LogP contribution in [0.25, 0.3) is 0 Å². The molecule has 1 amide bonds. The van der Waals surface area contributed by atoms with Crippen LogP contribution in [-0.4, -0.2) is 28.5 Å². The molecule has 3 nitrogen and oxygen atoms in total. The molecule has 11 heavy (non-hydrogen) atoms. The fraction of sp³-hybridized carbons (Fsp3) is 0.714. The second-order valence-electron chi connectivity index (χ2n) is 2.94. The largest absolute Gasteiger partial charge is 0.335 e. The van der Waals surface area contributed by atoms with Gasteiger partial charge in [-0.3, -0.25) is 4.79 Å². The van der Waals surface area contributed by atoms with Crippen molar-refractivity contribution in [3.05, 3.63) is 0 Å². The van der Waals surface area contributed by atoms with E-state index in [1.54, 1.807) is 0 Å². The van der Waals surface area contributed by atoms with Crippen LogP contribution in [0.1, 0.15) is 19.3 Å². The molecule has 1 radical (unpaired) electrons. The van der Waals surface area contributed by atoms with Gasteiger partial charge >= 0.3 is 0 Å². The predicted molar refractivity (Wildman–Crippen MR) is 44.1 cm³/mol. The first-order valence-corrected chi connectivity index (χ1v) is 4.26. The summed E-state index contributed by atoms with van der Waals surface area (Å²) in [7, 11) is 0. The summed E-state index contributed by atoms with van der Waals surface area (Å²) in [6, 6.07) is -0.00347. The van der Waals surface area contributed by atoms with Crippen molar-refractivity contribution in [3.63, 3.8) is 0 Å². The lowest BCUT2D eigenvalue weighted by molar-refractivity contribution is -0.122. The van der Waals surface area contributed by atoms with Crippen LogP contribution in [0.5, 0.6) is 0 Å². The van der Waals surface area contributed by atoms with E-state index in [1.807, 2.05) is 4.90 Å². The van der Waals surface area contributed by atoms with Crippen LogP contribution >= 0.6 is 12.2 Å². The molecular formula is C7H9N2OS. The van der Waals surface area contributed by atoms with E-state index in [0.29, 0.717) is 5.11 Å². The van der Waals surface area contributed by atoms with Crippen molar-refractivity contribution < 1.29 is 4.79 Å². The Kier molecular flexibility index (Phi) is 1.56. The Balaban J connectivity index is 2.19. The Bertz CT molecular complexity index is 194. The van der Waals surface area contributed by atoms with E-state index in [0.717, 1.165) is 25.8 Å². The van der Waals surface area contributed by atoms with Crippen LogP contribution in [-0.2, 0) is 4.79 Å². The highest BCUT2D eigenvalue weighted by atomic mass is 32.1. The van der Waals surface area contributed by atoms with E-state index < -0.39 is 0 Å². The monoisotopic (exact) mass is 169 g/mol. The van der Waals surface area contributed by atoms with E-state index in [4.69, 9.17) is 12.2 Å². The SMILES string of the molecule is O=C1[N]C(=S)N2CCCCC12. The molecule has 0 aromatic heterocycles. The third kappa shape index (κ3) is 1.01. The molecule has 2 aliphatic heterocycles. The molecule has 4 heteroatoms. The van der Waals surface area contributed by atoms with Gasteiger partial charge in [0.1, 0.15) is 6.04 Å². The predicted octanol–water partition coefficient (Wildman–Crippen LogP) is 0.270. The van der Waals surface area contributed by atoms with Gasteiger partial charge in [0, 0.05) is 6.54 Å². The van der Waals surface area contributed by atoms with Crippen LogP contribution in [0.2, 0.25) is 0 Å². The molecule has 2 rings (SSSR count). The zero-order valence-electron chi connectivity index (χ0n) is 6.12. The van der Waals surface area contributed by atoms with Gasteiger partial charge in [-0.2, -0.15) is 5.32 Å². The topological polar surface area (TPSA) is 34.4 Å². The molecule has 1 unspecified atom stereocenters. The van der Waals surface area contributed by atoms with E-state index >= 15 is 0 Å². The molecule has 0 spiro atoms. The third-order valence-electron chi connectivity index (χ3n) is 2.24. The number of carbonyl (C=O) groups is 1. The number of hydrogen-bond donors (Lipinski definition) is 0. The average molecular weight is 169 g/mol. The molecule has 0 aliphatic carbocycles. The molecule has 0 saturated carbocycles. The highest BCUT2D eigenvalue weighted by molar-refractivity contribution is 7.80. The summed E-state index contributed by atoms with van der Waals surface area (Å²) < 4.78 is 0. The highest BCUT2D eigenvalue weighted by Gasteiger charge is 2.38. The maximum atomic E-state index is 11.1. The second-order valence-corrected chi connectivity index (χ2v) is 3.30. The van der Waals surface area contributed by atoms with Gasteiger partial charge in [-0.1, -0.05) is 0 Å². The van der Waals surface area contributed by atoms with Crippen LogP contribution < -0.4 is 5.32 Å². The molecule has 0 N–H and O–H groups in total. The van der Waals surface area contributed by atoms with Gasteiger partial charge in [0.2, 0.25) is 0 Å². The lowest BCUT2D eigenvalue weighted by Crippen LogP contribution is -2.38. The van der Waals surface area contributed by atoms with E-state index in [-0.39, 0.29) is 11.9 Å². The lowest BCUT2D eigenvalue weighted by atomic mass is 10.0. The second kappa shape index (κ2) is 2.44. The molecule has 2 fully saturated rings. The van der Waals surface area contributed by atoms with Crippen LogP contribution in [0.15, 0.2) is 0 Å². The minimum atomic E-state index is -0.0327. The number of nitrogens with zero attached hydrogens (tertiary/aromatic N) is 2. The van der Waals surface area contributed by atoms with Crippen LogP contribution in [0.4, 0.5) is 0 Å². The Morgan fingerprint density at radius 1 is 1.55 bits per heavy atom. The molecule has 2 heterocycles. The van der Waals surface area contributed by atoms with E-state index in [9.17, 15) is 4.79 Å². The van der Waals surface area contributed by atoms with Gasteiger partial charge in [0.25, 0.3) is 5.91 Å². The smallest absolute Gasteiger partial charge is 0.271 e. The quantitative estimate of drug-likeness (QED) is 0.488. The first-order valence-electron chi connectivity index (χ1n) is 3.85. The standard InChI is InChI=1S/C7H9N2OS/c10-6-5-3-1-2-4-9(5)7(11)8-6/h5H,1-4H2. The number of amides is 1. The van der Waals surface area contributed by atoms with Gasteiger partial charge in [0.05, 0.1) is 0 Å². The molecule has 0 aromatic carbocycles. The lowest BCUT2D eigenvalue weighted by Gasteiger charge is -2.27. The molecule has 2 aliphatic rings. The zero-order chi connectivity index (χ0) is 7.84. The summed E-state index contributed by atoms with van der Waals surface area (Å²) in [6.45, 7) is 0.915. The summed E-state index contributed by atoms with van der Waals surface area (Å²) in [5.74, 6) is -0.0327. The van der Waals surface area contributed by atoms with Crippen LogP contribution in [0.3, 0.4) is 0 Å². The van der Waals surface area contributed by atoms with Gasteiger partial charge in [0.15, 0.2) is 5.11 Å². The van der Waals surface area contributed by atoms with Crippen LogP contribution in [0, 0.1) is 0 Å². The normalized spacial score (nSPS) is 30.2. The van der Waals surface area contributed by atoms with Crippen molar-refractivity contribution >= 4 is 23.2 Å². The maximum Gasteiger partial charge on any atom is 0.271 e. The Morgan fingerprint density at radius 2 is 2.36 bits per heavy atom. The summed E-state index contributed by atoms with van der Waals surface area (Å²) in [6.07, 6.45) is 3.20. The van der Waals surface area contributed by atoms with E-state index in [1.165, 1.54) is 0 Å². The molecule has 0 aromatic rings. The minimum absolute atomic E-state index is 0.00347. The average Bonchev–Trinajstić information content (AvgIpc) is 2.30. The maximum absolute atomic E-state index is 11.1. The van der Waals surface area contributed by atoms with Crippen molar-refractivity contribution in [1.82, 2.24) is 10.2 Å². The van der Waals surface area contributed by atoms with Crippen molar-refractivity contribution in [2.45, 2.75) is 25.3 Å². The number of fused-ring (bicyclic) bond motifs is 1. The molecule has 0 bridgehead atoms. The molecular weight excluding hydrogens is 160 g/mol. The number of hydrogen-bond acceptors (Lipinski definition) is 2. The summed E-state index contributed by atoms with van der Waals surface area (Å²) in [4.78, 5) is 13.1. The summed E-state index contributed by atoms with van der Waals surface area (Å²) in [5.41, 5.74) is 0. The molecule has 2 saturated heterocycles. The number of piperidine rings is 1. The van der Waals surface area contributed by atoms with Crippen molar-refractivity contribution in [2.75, 3.05) is 6.54 Å². The Morgan fingerprint density at radius 3 is 3.09 bits per heavy atom. The first kappa shape index (κ1) is 7.03. The van der Waals surface area contributed by atoms with Crippen molar-refractivity contribution in [3.8, 4) is 0 Å². The fourth-order valence-electron chi connectivity index (χ4n) is 1.65. The molecule has 1 atom stereocenters. The minimum Gasteiger partial charge on any atom is -0.335 e. The van der Waals surface area contributed by atoms with E-state index in [2.05, 4.69) is 5.32 Å². The molecule has 59 valence electrons. The third-order valence-corrected chi connectivity index (χ3v) is 2.57. The fourth-order valence-corrected chi connectivity index (χ4v) is 1.96. The Labute approximate surface area is 70.7 Å². The number of thiocarbonyl (C=S) groups is 1. The van der Waals surface area contributed by atoms with Gasteiger partial charge in [-0.15, -0.1) is 0 Å². The highest BCUT2D eigenvalue weighted by Crippen LogP contribution is 2.21. The summed E-state index contributed by atoms with van der Waals surface area (Å²) >= 11 is 4.93. The van der Waals surface area contributed by atoms with Gasteiger partial charge in [-0.25, -0.2) is 0 Å². The van der Waals surface area contributed by atoms with Crippen molar-refractivity contribution in [1.29, 1.82) is 0 Å². The zero-order valence-corrected chi connectivity index (χ0v) is 6.93. The van der Waals surface area contributed by atoms with Gasteiger partial charge < -0.3 is 4.90 Å².